The van der Waals surface area contributed by atoms with Crippen molar-refractivity contribution in [2.45, 2.75) is 26.9 Å². The van der Waals surface area contributed by atoms with Crippen LogP contribution in [0, 0.1) is 13.8 Å². The zero-order chi connectivity index (χ0) is 9.42. The van der Waals surface area contributed by atoms with Crippen LogP contribution in [0.2, 0.25) is 0 Å². The van der Waals surface area contributed by atoms with Crippen LogP contribution in [0.4, 0.5) is 0 Å². The van der Waals surface area contributed by atoms with Crippen LogP contribution < -0.4 is 4.74 Å². The molecule has 1 heterocycles. The maximum atomic E-state index is 5.73. The number of aryl methyl sites for hydroxylation is 2. The summed E-state index contributed by atoms with van der Waals surface area (Å²) in [4.78, 5) is 0. The maximum Gasteiger partial charge on any atom is 0.130 e. The summed E-state index contributed by atoms with van der Waals surface area (Å²) in [6.45, 7) is 6.26. The zero-order valence-corrected chi connectivity index (χ0v) is 8.29. The summed E-state index contributed by atoms with van der Waals surface area (Å²) in [6, 6.07) is 4.31. The fourth-order valence-electron chi connectivity index (χ4n) is 1.74. The molecule has 1 aliphatic heterocycles. The minimum absolute atomic E-state index is 0.203. The van der Waals surface area contributed by atoms with Gasteiger partial charge in [-0.15, -0.1) is 0 Å². The van der Waals surface area contributed by atoms with Crippen molar-refractivity contribution in [2.75, 3.05) is 0 Å². The Labute approximate surface area is 79.0 Å². The Bertz CT molecular complexity index is 364. The molecule has 1 nitrogen and oxygen atoms in total. The number of benzene rings is 1. The van der Waals surface area contributed by atoms with E-state index in [2.05, 4.69) is 45.1 Å². The Hall–Kier alpha value is -1.24. The third-order valence-corrected chi connectivity index (χ3v) is 2.30. The number of ether oxygens (including phenoxy) is 1. The highest BCUT2D eigenvalue weighted by atomic mass is 16.5. The summed E-state index contributed by atoms with van der Waals surface area (Å²) in [5, 5.41) is 0. The monoisotopic (exact) mass is 174 g/mol. The van der Waals surface area contributed by atoms with Crippen LogP contribution in [0.15, 0.2) is 18.2 Å². The SMILES string of the molecule is Cc1cc(C)c2c(c1)C=CC(C)O2. The van der Waals surface area contributed by atoms with Gasteiger partial charge in [-0.2, -0.15) is 0 Å². The average molecular weight is 174 g/mol. The molecule has 0 fully saturated rings. The molecule has 0 aromatic heterocycles. The van der Waals surface area contributed by atoms with Crippen LogP contribution in [0.3, 0.4) is 0 Å². The second-order valence-corrected chi connectivity index (χ2v) is 3.68. The van der Waals surface area contributed by atoms with Crippen LogP contribution in [0.25, 0.3) is 6.08 Å². The summed E-state index contributed by atoms with van der Waals surface area (Å²) in [7, 11) is 0. The van der Waals surface area contributed by atoms with Gasteiger partial charge in [0, 0.05) is 5.56 Å². The van der Waals surface area contributed by atoms with Crippen LogP contribution in [0.5, 0.6) is 5.75 Å². The van der Waals surface area contributed by atoms with Gasteiger partial charge in [-0.1, -0.05) is 17.7 Å². The molecule has 68 valence electrons. The Morgan fingerprint density at radius 1 is 1.23 bits per heavy atom. The van der Waals surface area contributed by atoms with E-state index in [4.69, 9.17) is 4.74 Å². The van der Waals surface area contributed by atoms with E-state index in [0.29, 0.717) is 0 Å². The van der Waals surface area contributed by atoms with E-state index in [9.17, 15) is 0 Å². The molecule has 0 radical (unpaired) electrons. The summed E-state index contributed by atoms with van der Waals surface area (Å²) < 4.78 is 5.73. The first-order valence-electron chi connectivity index (χ1n) is 4.63. The molecule has 13 heavy (non-hydrogen) atoms. The lowest BCUT2D eigenvalue weighted by Gasteiger charge is -2.20. The first-order chi connectivity index (χ1) is 6.16. The van der Waals surface area contributed by atoms with E-state index in [1.807, 2.05) is 0 Å². The molecule has 0 saturated carbocycles. The Morgan fingerprint density at radius 2 is 2.00 bits per heavy atom. The van der Waals surface area contributed by atoms with Crippen molar-refractivity contribution in [1.29, 1.82) is 0 Å². The number of hydrogen-bond acceptors (Lipinski definition) is 1. The van der Waals surface area contributed by atoms with Crippen molar-refractivity contribution in [3.63, 3.8) is 0 Å². The first kappa shape index (κ1) is 8.36. The standard InChI is InChI=1S/C12H14O/c1-8-6-9(2)12-11(7-8)5-4-10(3)13-12/h4-7,10H,1-3H3. The lowest BCUT2D eigenvalue weighted by molar-refractivity contribution is 0.264. The smallest absolute Gasteiger partial charge is 0.130 e. The van der Waals surface area contributed by atoms with Gasteiger partial charge in [0.15, 0.2) is 0 Å². The van der Waals surface area contributed by atoms with Crippen molar-refractivity contribution in [1.82, 2.24) is 0 Å². The summed E-state index contributed by atoms with van der Waals surface area (Å²) >= 11 is 0. The van der Waals surface area contributed by atoms with Gasteiger partial charge in [-0.05, 0) is 38.5 Å². The largest absolute Gasteiger partial charge is 0.486 e. The number of hydrogen-bond donors (Lipinski definition) is 0. The molecule has 1 aromatic carbocycles. The minimum atomic E-state index is 0.203. The molecule has 0 bridgehead atoms. The van der Waals surface area contributed by atoms with E-state index >= 15 is 0 Å². The van der Waals surface area contributed by atoms with Gasteiger partial charge in [0.2, 0.25) is 0 Å². The van der Waals surface area contributed by atoms with Crippen LogP contribution in [0.1, 0.15) is 23.6 Å². The zero-order valence-electron chi connectivity index (χ0n) is 8.29. The van der Waals surface area contributed by atoms with Gasteiger partial charge in [0.25, 0.3) is 0 Å². The lowest BCUT2D eigenvalue weighted by atomic mass is 10.0. The van der Waals surface area contributed by atoms with Crippen molar-refractivity contribution in [2.24, 2.45) is 0 Å². The van der Waals surface area contributed by atoms with E-state index < -0.39 is 0 Å². The second-order valence-electron chi connectivity index (χ2n) is 3.68. The lowest BCUT2D eigenvalue weighted by Crippen LogP contribution is -2.13. The van der Waals surface area contributed by atoms with Crippen LogP contribution in [-0.2, 0) is 0 Å². The topological polar surface area (TPSA) is 9.23 Å². The molecule has 0 spiro atoms. The van der Waals surface area contributed by atoms with Crippen molar-refractivity contribution in [3.05, 3.63) is 34.9 Å². The van der Waals surface area contributed by atoms with E-state index in [-0.39, 0.29) is 6.10 Å². The third-order valence-electron chi connectivity index (χ3n) is 2.30. The van der Waals surface area contributed by atoms with Gasteiger partial charge >= 0.3 is 0 Å². The summed E-state index contributed by atoms with van der Waals surface area (Å²) in [5.74, 6) is 1.04. The van der Waals surface area contributed by atoms with Crippen LogP contribution >= 0.6 is 0 Å². The van der Waals surface area contributed by atoms with E-state index in [1.54, 1.807) is 0 Å². The molecular weight excluding hydrogens is 160 g/mol. The van der Waals surface area contributed by atoms with Gasteiger partial charge in [-0.25, -0.2) is 0 Å². The Kier molecular flexibility index (Phi) is 1.87. The molecule has 0 aliphatic carbocycles. The molecule has 1 unspecified atom stereocenters. The molecule has 1 aromatic rings. The third kappa shape index (κ3) is 1.46. The highest BCUT2D eigenvalue weighted by Crippen LogP contribution is 2.30. The first-order valence-corrected chi connectivity index (χ1v) is 4.63. The fourth-order valence-corrected chi connectivity index (χ4v) is 1.74. The van der Waals surface area contributed by atoms with Gasteiger partial charge in [0.05, 0.1) is 0 Å². The van der Waals surface area contributed by atoms with Crippen LogP contribution in [-0.4, -0.2) is 6.10 Å². The van der Waals surface area contributed by atoms with Crippen molar-refractivity contribution >= 4 is 6.08 Å². The van der Waals surface area contributed by atoms with E-state index in [1.165, 1.54) is 16.7 Å². The van der Waals surface area contributed by atoms with E-state index in [0.717, 1.165) is 5.75 Å². The fraction of sp³-hybridized carbons (Fsp3) is 0.333. The van der Waals surface area contributed by atoms with Gasteiger partial charge < -0.3 is 4.74 Å². The number of rotatable bonds is 0. The molecule has 1 aliphatic rings. The van der Waals surface area contributed by atoms with Crippen molar-refractivity contribution in [3.8, 4) is 5.75 Å². The molecule has 2 rings (SSSR count). The predicted molar refractivity (Wildman–Crippen MR) is 55.0 cm³/mol. The second kappa shape index (κ2) is 2.91. The predicted octanol–water partition coefficient (Wildman–Crippen LogP) is 3.10. The summed E-state index contributed by atoms with van der Waals surface area (Å²) in [5.41, 5.74) is 3.72. The van der Waals surface area contributed by atoms with Gasteiger partial charge in [-0.3, -0.25) is 0 Å². The van der Waals surface area contributed by atoms with Crippen molar-refractivity contribution < 1.29 is 4.74 Å². The molecule has 1 atom stereocenters. The maximum absolute atomic E-state index is 5.73. The number of fused-ring (bicyclic) bond motifs is 1. The Morgan fingerprint density at radius 3 is 2.77 bits per heavy atom. The summed E-state index contributed by atoms with van der Waals surface area (Å²) in [6.07, 6.45) is 4.43. The highest BCUT2D eigenvalue weighted by molar-refractivity contribution is 5.63. The normalized spacial score (nSPS) is 19.5. The highest BCUT2D eigenvalue weighted by Gasteiger charge is 2.12. The minimum Gasteiger partial charge on any atom is -0.486 e. The van der Waals surface area contributed by atoms with Gasteiger partial charge in [0.1, 0.15) is 11.9 Å². The quantitative estimate of drug-likeness (QED) is 0.587. The molecule has 0 amide bonds. The molecule has 0 saturated heterocycles. The Balaban J connectivity index is 2.56. The average Bonchev–Trinajstić information content (AvgIpc) is 2.06. The molecular formula is C12H14O. The molecule has 1 heteroatoms. The molecule has 0 N–H and O–H groups in total.